The summed E-state index contributed by atoms with van der Waals surface area (Å²) in [6.45, 7) is 0. The van der Waals surface area contributed by atoms with Crippen LogP contribution in [0.4, 0.5) is 0 Å². The third kappa shape index (κ3) is 6.91. The summed E-state index contributed by atoms with van der Waals surface area (Å²) in [6, 6.07) is 19.4. The molecule has 8 nitrogen and oxygen atoms in total. The number of carbonyl (C=O) groups excluding carboxylic acids is 3. The van der Waals surface area contributed by atoms with Crippen molar-refractivity contribution in [1.82, 2.24) is 5.32 Å². The average Bonchev–Trinajstić information content (AvgIpc) is 2.85. The van der Waals surface area contributed by atoms with Crippen LogP contribution in [-0.2, 0) is 27.2 Å². The fourth-order valence-corrected chi connectivity index (χ4v) is 3.24. The summed E-state index contributed by atoms with van der Waals surface area (Å²) in [5.41, 5.74) is 7.72. The summed E-state index contributed by atoms with van der Waals surface area (Å²) in [6.07, 6.45) is 0.246. The van der Waals surface area contributed by atoms with E-state index in [1.807, 2.05) is 18.2 Å². The molecule has 2 atom stereocenters. The monoisotopic (exact) mass is 462 g/mol. The predicted octanol–water partition coefficient (Wildman–Crippen LogP) is 2.38. The number of methoxy groups -OCH3 is 1. The highest BCUT2D eigenvalue weighted by Crippen LogP contribution is 2.14. The quantitative estimate of drug-likeness (QED) is 0.329. The number of aromatic hydroxyl groups is 1. The van der Waals surface area contributed by atoms with Crippen molar-refractivity contribution in [2.75, 3.05) is 7.11 Å². The second-order valence-electron chi connectivity index (χ2n) is 7.66. The Balaban J connectivity index is 1.69. The minimum absolute atomic E-state index is 0.0893. The van der Waals surface area contributed by atoms with Crippen LogP contribution in [0.1, 0.15) is 21.5 Å². The zero-order valence-electron chi connectivity index (χ0n) is 18.6. The van der Waals surface area contributed by atoms with Crippen LogP contribution in [0.5, 0.6) is 11.5 Å². The maximum absolute atomic E-state index is 12.9. The smallest absolute Gasteiger partial charge is 0.336 e. The van der Waals surface area contributed by atoms with E-state index in [2.05, 4.69) is 5.32 Å². The standard InChI is InChI=1S/C26H26N2O6/c1-33-21-13-9-19(10-14-21)24(30)28-23(16-17-5-3-2-4-6-17)26(32)34-25(31)22(27)15-18-7-11-20(29)12-8-18/h2-14,22-23,29H,15-16,27H2,1H3,(H,28,30)/t22-,23-/m0/s1. The molecule has 0 aliphatic rings. The highest BCUT2D eigenvalue weighted by molar-refractivity contribution is 5.98. The molecule has 0 aromatic heterocycles. The largest absolute Gasteiger partial charge is 0.508 e. The molecule has 4 N–H and O–H groups in total. The fourth-order valence-electron chi connectivity index (χ4n) is 3.24. The molecule has 0 heterocycles. The summed E-state index contributed by atoms with van der Waals surface area (Å²) in [5, 5.41) is 12.0. The van der Waals surface area contributed by atoms with Gasteiger partial charge in [0.25, 0.3) is 5.91 Å². The molecule has 0 fully saturated rings. The van der Waals surface area contributed by atoms with Crippen molar-refractivity contribution in [3.63, 3.8) is 0 Å². The first-order valence-corrected chi connectivity index (χ1v) is 10.6. The van der Waals surface area contributed by atoms with Gasteiger partial charge >= 0.3 is 11.9 Å². The van der Waals surface area contributed by atoms with Crippen molar-refractivity contribution in [1.29, 1.82) is 0 Å². The van der Waals surface area contributed by atoms with Gasteiger partial charge in [0.05, 0.1) is 7.11 Å². The predicted molar refractivity (Wildman–Crippen MR) is 125 cm³/mol. The van der Waals surface area contributed by atoms with E-state index >= 15 is 0 Å². The Bertz CT molecular complexity index is 1110. The van der Waals surface area contributed by atoms with Crippen molar-refractivity contribution in [3.8, 4) is 11.5 Å². The first-order chi connectivity index (χ1) is 16.4. The van der Waals surface area contributed by atoms with Crippen LogP contribution in [0.3, 0.4) is 0 Å². The molecular formula is C26H26N2O6. The van der Waals surface area contributed by atoms with Crippen LogP contribution >= 0.6 is 0 Å². The Morgan fingerprint density at radius 3 is 2.09 bits per heavy atom. The lowest BCUT2D eigenvalue weighted by Crippen LogP contribution is -2.46. The van der Waals surface area contributed by atoms with Gasteiger partial charge in [-0.15, -0.1) is 0 Å². The van der Waals surface area contributed by atoms with E-state index in [1.54, 1.807) is 48.5 Å². The van der Waals surface area contributed by atoms with E-state index in [1.165, 1.54) is 19.2 Å². The van der Waals surface area contributed by atoms with Crippen molar-refractivity contribution in [2.45, 2.75) is 24.9 Å². The number of esters is 2. The van der Waals surface area contributed by atoms with Gasteiger partial charge in [0.1, 0.15) is 23.6 Å². The molecule has 0 aliphatic heterocycles. The number of nitrogens with two attached hydrogens (primary N) is 1. The number of hydrogen-bond acceptors (Lipinski definition) is 7. The molecule has 0 saturated heterocycles. The molecule has 3 aromatic rings. The van der Waals surface area contributed by atoms with Crippen LogP contribution in [0, 0.1) is 0 Å². The molecule has 3 aromatic carbocycles. The van der Waals surface area contributed by atoms with Crippen molar-refractivity contribution in [3.05, 3.63) is 95.6 Å². The fraction of sp³-hybridized carbons (Fsp3) is 0.192. The minimum atomic E-state index is -1.11. The Kier molecular flexibility index (Phi) is 8.37. The van der Waals surface area contributed by atoms with Gasteiger partial charge in [0.2, 0.25) is 0 Å². The van der Waals surface area contributed by atoms with Crippen LogP contribution in [0.2, 0.25) is 0 Å². The number of nitrogens with one attached hydrogen (secondary N) is 1. The Morgan fingerprint density at radius 2 is 1.47 bits per heavy atom. The summed E-state index contributed by atoms with van der Waals surface area (Å²) in [7, 11) is 1.52. The van der Waals surface area contributed by atoms with E-state index in [0.29, 0.717) is 16.9 Å². The lowest BCUT2D eigenvalue weighted by molar-refractivity contribution is -0.162. The van der Waals surface area contributed by atoms with Crippen LogP contribution < -0.4 is 15.8 Å². The molecule has 0 saturated carbocycles. The van der Waals surface area contributed by atoms with E-state index in [0.717, 1.165) is 5.56 Å². The number of carbonyl (C=O) groups is 3. The topological polar surface area (TPSA) is 128 Å². The average molecular weight is 463 g/mol. The van der Waals surface area contributed by atoms with Gasteiger partial charge < -0.3 is 25.6 Å². The van der Waals surface area contributed by atoms with Crippen molar-refractivity contribution >= 4 is 17.8 Å². The number of benzene rings is 3. The second-order valence-corrected chi connectivity index (χ2v) is 7.66. The van der Waals surface area contributed by atoms with Gasteiger partial charge in [-0.3, -0.25) is 4.79 Å². The summed E-state index contributed by atoms with van der Waals surface area (Å²) in [5.74, 6) is -1.63. The SMILES string of the molecule is COc1ccc(C(=O)N[C@@H](Cc2ccccc2)C(=O)OC(=O)[C@@H](N)Cc2ccc(O)cc2)cc1. The summed E-state index contributed by atoms with van der Waals surface area (Å²) in [4.78, 5) is 38.1. The lowest BCUT2D eigenvalue weighted by atomic mass is 10.0. The molecule has 1 amide bonds. The minimum Gasteiger partial charge on any atom is -0.508 e. The zero-order valence-corrected chi connectivity index (χ0v) is 18.6. The van der Waals surface area contributed by atoms with Crippen LogP contribution in [0.25, 0.3) is 0 Å². The number of ether oxygens (including phenoxy) is 2. The van der Waals surface area contributed by atoms with Gasteiger partial charge in [-0.05, 0) is 53.9 Å². The highest BCUT2D eigenvalue weighted by atomic mass is 16.6. The third-order valence-corrected chi connectivity index (χ3v) is 5.12. The van der Waals surface area contributed by atoms with Gasteiger partial charge in [0.15, 0.2) is 0 Å². The van der Waals surface area contributed by atoms with Crippen molar-refractivity contribution in [2.24, 2.45) is 5.73 Å². The highest BCUT2D eigenvalue weighted by Gasteiger charge is 2.28. The number of rotatable bonds is 9. The molecule has 0 spiro atoms. The van der Waals surface area contributed by atoms with Gasteiger partial charge in [-0.2, -0.15) is 0 Å². The van der Waals surface area contributed by atoms with E-state index in [4.69, 9.17) is 15.2 Å². The third-order valence-electron chi connectivity index (χ3n) is 5.12. The molecule has 3 rings (SSSR count). The molecular weight excluding hydrogens is 436 g/mol. The van der Waals surface area contributed by atoms with Gasteiger partial charge in [-0.25, -0.2) is 9.59 Å². The Hall–Kier alpha value is -4.17. The number of phenolic OH excluding ortho intramolecular Hbond substituents is 1. The normalized spacial score (nSPS) is 12.3. The summed E-state index contributed by atoms with van der Waals surface area (Å²) < 4.78 is 10.1. The molecule has 0 bridgehead atoms. The molecule has 8 heteroatoms. The first kappa shape index (κ1) is 24.5. The zero-order chi connectivity index (χ0) is 24.5. The van der Waals surface area contributed by atoms with Crippen molar-refractivity contribution < 1.29 is 29.0 Å². The number of amides is 1. The van der Waals surface area contributed by atoms with Crippen LogP contribution in [0.15, 0.2) is 78.9 Å². The van der Waals surface area contributed by atoms with E-state index in [9.17, 15) is 19.5 Å². The Labute approximate surface area is 197 Å². The second kappa shape index (κ2) is 11.6. The van der Waals surface area contributed by atoms with E-state index in [-0.39, 0.29) is 18.6 Å². The molecule has 176 valence electrons. The summed E-state index contributed by atoms with van der Waals surface area (Å²) >= 11 is 0. The van der Waals surface area contributed by atoms with E-state index < -0.39 is 29.9 Å². The molecule has 34 heavy (non-hydrogen) atoms. The molecule has 0 aliphatic carbocycles. The Morgan fingerprint density at radius 1 is 0.853 bits per heavy atom. The maximum Gasteiger partial charge on any atom is 0.336 e. The lowest BCUT2D eigenvalue weighted by Gasteiger charge is -2.19. The van der Waals surface area contributed by atoms with Gasteiger partial charge in [-0.1, -0.05) is 42.5 Å². The van der Waals surface area contributed by atoms with Gasteiger partial charge in [0, 0.05) is 12.0 Å². The van der Waals surface area contributed by atoms with Crippen LogP contribution in [-0.4, -0.2) is 42.1 Å². The first-order valence-electron chi connectivity index (χ1n) is 10.6. The number of hydrogen-bond donors (Lipinski definition) is 3. The molecule has 0 unspecified atom stereocenters. The maximum atomic E-state index is 12.9. The number of phenols is 1. The molecule has 0 radical (unpaired) electrons.